The third-order valence-corrected chi connectivity index (χ3v) is 3.81. The SMILES string of the molecule is CN(Cc1cc(/C=C/C(=O)O)cs1)C(=O)c1cncn1C. The van der Waals surface area contributed by atoms with Gasteiger partial charge in [0.1, 0.15) is 5.69 Å². The molecule has 6 nitrogen and oxygen atoms in total. The fraction of sp³-hybridized carbons (Fsp3) is 0.214. The molecular weight excluding hydrogens is 290 g/mol. The molecule has 0 aliphatic rings. The van der Waals surface area contributed by atoms with Crippen molar-refractivity contribution in [3.63, 3.8) is 0 Å². The Labute approximate surface area is 126 Å². The van der Waals surface area contributed by atoms with Gasteiger partial charge in [-0.2, -0.15) is 0 Å². The van der Waals surface area contributed by atoms with Crippen molar-refractivity contribution in [2.24, 2.45) is 7.05 Å². The summed E-state index contributed by atoms with van der Waals surface area (Å²) in [5, 5.41) is 10.4. The Morgan fingerprint density at radius 3 is 2.90 bits per heavy atom. The molecule has 0 saturated heterocycles. The highest BCUT2D eigenvalue weighted by Gasteiger charge is 2.15. The molecule has 1 N–H and O–H groups in total. The van der Waals surface area contributed by atoms with Gasteiger partial charge in [-0.1, -0.05) is 0 Å². The average molecular weight is 305 g/mol. The van der Waals surface area contributed by atoms with Crippen LogP contribution in [-0.4, -0.2) is 38.5 Å². The van der Waals surface area contributed by atoms with Crippen molar-refractivity contribution in [1.29, 1.82) is 0 Å². The number of aromatic nitrogens is 2. The van der Waals surface area contributed by atoms with Crippen molar-refractivity contribution >= 4 is 29.3 Å². The molecule has 7 heteroatoms. The maximum absolute atomic E-state index is 12.2. The van der Waals surface area contributed by atoms with E-state index in [0.29, 0.717) is 12.2 Å². The van der Waals surface area contributed by atoms with Gasteiger partial charge < -0.3 is 14.6 Å². The average Bonchev–Trinajstić information content (AvgIpc) is 3.04. The Hall–Kier alpha value is -2.41. The van der Waals surface area contributed by atoms with Crippen molar-refractivity contribution in [3.8, 4) is 0 Å². The number of aryl methyl sites for hydroxylation is 1. The second-order valence-electron chi connectivity index (χ2n) is 4.57. The van der Waals surface area contributed by atoms with Crippen LogP contribution in [0.2, 0.25) is 0 Å². The summed E-state index contributed by atoms with van der Waals surface area (Å²) in [6, 6.07) is 1.87. The number of thiophene rings is 1. The molecule has 0 spiro atoms. The van der Waals surface area contributed by atoms with E-state index in [-0.39, 0.29) is 5.91 Å². The van der Waals surface area contributed by atoms with Crippen LogP contribution in [-0.2, 0) is 18.4 Å². The van der Waals surface area contributed by atoms with Gasteiger partial charge in [-0.05, 0) is 23.1 Å². The van der Waals surface area contributed by atoms with Crippen LogP contribution in [0.4, 0.5) is 0 Å². The standard InChI is InChI=1S/C14H15N3O3S/c1-16(14(20)12-6-15-9-17(12)2)7-11-5-10(8-21-11)3-4-13(18)19/h3-6,8-9H,7H2,1-2H3,(H,18,19)/b4-3+. The highest BCUT2D eigenvalue weighted by Crippen LogP contribution is 2.18. The molecule has 0 radical (unpaired) electrons. The number of aliphatic carboxylic acids is 1. The van der Waals surface area contributed by atoms with Gasteiger partial charge in [0.15, 0.2) is 0 Å². The molecule has 2 aromatic heterocycles. The van der Waals surface area contributed by atoms with E-state index in [0.717, 1.165) is 16.5 Å². The molecule has 2 heterocycles. The number of hydrogen-bond acceptors (Lipinski definition) is 4. The lowest BCUT2D eigenvalue weighted by atomic mass is 10.2. The second-order valence-corrected chi connectivity index (χ2v) is 5.56. The molecule has 2 aromatic rings. The lowest BCUT2D eigenvalue weighted by Crippen LogP contribution is -2.27. The normalized spacial score (nSPS) is 11.0. The predicted octanol–water partition coefficient (Wildman–Crippen LogP) is 1.85. The van der Waals surface area contributed by atoms with Gasteiger partial charge >= 0.3 is 5.97 Å². The van der Waals surface area contributed by atoms with Gasteiger partial charge in [-0.15, -0.1) is 11.3 Å². The molecule has 110 valence electrons. The number of carbonyl (C=O) groups excluding carboxylic acids is 1. The van der Waals surface area contributed by atoms with Crippen molar-refractivity contribution in [2.75, 3.05) is 7.05 Å². The van der Waals surface area contributed by atoms with Crippen molar-refractivity contribution in [3.05, 3.63) is 46.2 Å². The molecule has 0 fully saturated rings. The number of hydrogen-bond donors (Lipinski definition) is 1. The number of amides is 1. The summed E-state index contributed by atoms with van der Waals surface area (Å²) < 4.78 is 1.67. The van der Waals surface area contributed by atoms with E-state index in [1.165, 1.54) is 23.6 Å². The Bertz CT molecular complexity index is 687. The zero-order chi connectivity index (χ0) is 15.4. The molecule has 21 heavy (non-hydrogen) atoms. The number of rotatable bonds is 5. The van der Waals surface area contributed by atoms with E-state index in [4.69, 9.17) is 5.11 Å². The second kappa shape index (κ2) is 6.36. The van der Waals surface area contributed by atoms with Crippen LogP contribution < -0.4 is 0 Å². The van der Waals surface area contributed by atoms with Gasteiger partial charge in [0, 0.05) is 25.0 Å². The molecular formula is C14H15N3O3S. The van der Waals surface area contributed by atoms with Gasteiger partial charge in [-0.25, -0.2) is 9.78 Å². The van der Waals surface area contributed by atoms with E-state index in [9.17, 15) is 9.59 Å². The van der Waals surface area contributed by atoms with Crippen LogP contribution in [0.1, 0.15) is 20.9 Å². The fourth-order valence-corrected chi connectivity index (χ4v) is 2.71. The van der Waals surface area contributed by atoms with E-state index >= 15 is 0 Å². The molecule has 0 unspecified atom stereocenters. The Morgan fingerprint density at radius 1 is 1.52 bits per heavy atom. The number of carbonyl (C=O) groups is 2. The third-order valence-electron chi connectivity index (χ3n) is 2.87. The summed E-state index contributed by atoms with van der Waals surface area (Å²) in [7, 11) is 3.50. The Morgan fingerprint density at radius 2 is 2.29 bits per heavy atom. The van der Waals surface area contributed by atoms with Crippen LogP contribution in [0.15, 0.2) is 30.0 Å². The summed E-state index contributed by atoms with van der Waals surface area (Å²) in [6.07, 6.45) is 5.75. The summed E-state index contributed by atoms with van der Waals surface area (Å²) >= 11 is 1.49. The minimum absolute atomic E-state index is 0.106. The Balaban J connectivity index is 2.03. The first-order valence-electron chi connectivity index (χ1n) is 6.17. The third kappa shape index (κ3) is 3.79. The van der Waals surface area contributed by atoms with E-state index in [2.05, 4.69) is 4.98 Å². The van der Waals surface area contributed by atoms with Crippen LogP contribution in [0, 0.1) is 0 Å². The smallest absolute Gasteiger partial charge is 0.328 e. The Kier molecular flexibility index (Phi) is 4.54. The lowest BCUT2D eigenvalue weighted by Gasteiger charge is -2.16. The quantitative estimate of drug-likeness (QED) is 0.855. The predicted molar refractivity (Wildman–Crippen MR) is 80.0 cm³/mol. The van der Waals surface area contributed by atoms with Crippen LogP contribution in [0.3, 0.4) is 0 Å². The van der Waals surface area contributed by atoms with E-state index < -0.39 is 5.97 Å². The summed E-state index contributed by atoms with van der Waals surface area (Å²) in [6.45, 7) is 0.468. The summed E-state index contributed by atoms with van der Waals surface area (Å²) in [5.74, 6) is -1.09. The van der Waals surface area contributed by atoms with Gasteiger partial charge in [0.05, 0.1) is 19.1 Å². The van der Waals surface area contributed by atoms with Gasteiger partial charge in [-0.3, -0.25) is 4.79 Å². The molecule has 0 bridgehead atoms. The summed E-state index contributed by atoms with van der Waals surface area (Å²) in [5.41, 5.74) is 1.35. The van der Waals surface area contributed by atoms with Gasteiger partial charge in [0.2, 0.25) is 0 Å². The largest absolute Gasteiger partial charge is 0.478 e. The monoisotopic (exact) mass is 305 g/mol. The number of nitrogens with zero attached hydrogens (tertiary/aromatic N) is 3. The van der Waals surface area contributed by atoms with Crippen molar-refractivity contribution in [1.82, 2.24) is 14.5 Å². The maximum atomic E-state index is 12.2. The minimum Gasteiger partial charge on any atom is -0.478 e. The zero-order valence-electron chi connectivity index (χ0n) is 11.7. The molecule has 1 amide bonds. The molecule has 0 atom stereocenters. The molecule has 0 aliphatic heterocycles. The van der Waals surface area contributed by atoms with Gasteiger partial charge in [0.25, 0.3) is 5.91 Å². The highest BCUT2D eigenvalue weighted by molar-refractivity contribution is 7.10. The van der Waals surface area contributed by atoms with Crippen molar-refractivity contribution < 1.29 is 14.7 Å². The minimum atomic E-state index is -0.980. The highest BCUT2D eigenvalue weighted by atomic mass is 32.1. The summed E-state index contributed by atoms with van der Waals surface area (Å²) in [4.78, 5) is 29.2. The van der Waals surface area contributed by atoms with Crippen LogP contribution >= 0.6 is 11.3 Å². The first-order chi connectivity index (χ1) is 9.97. The molecule has 0 saturated carbocycles. The first-order valence-corrected chi connectivity index (χ1v) is 7.05. The zero-order valence-corrected chi connectivity index (χ0v) is 12.5. The number of carboxylic acid groups (broad SMARTS) is 1. The van der Waals surface area contributed by atoms with E-state index in [1.54, 1.807) is 29.9 Å². The molecule has 0 aliphatic carbocycles. The topological polar surface area (TPSA) is 75.4 Å². The number of imidazole rings is 1. The number of carboxylic acids is 1. The van der Waals surface area contributed by atoms with Crippen LogP contribution in [0.25, 0.3) is 6.08 Å². The van der Waals surface area contributed by atoms with Crippen molar-refractivity contribution in [2.45, 2.75) is 6.54 Å². The van der Waals surface area contributed by atoms with E-state index in [1.807, 2.05) is 11.4 Å². The maximum Gasteiger partial charge on any atom is 0.328 e. The molecule has 0 aromatic carbocycles. The lowest BCUT2D eigenvalue weighted by molar-refractivity contribution is -0.131. The van der Waals surface area contributed by atoms with Crippen LogP contribution in [0.5, 0.6) is 0 Å². The first kappa shape index (κ1) is 15.0. The fourth-order valence-electron chi connectivity index (χ4n) is 1.80. The molecule has 2 rings (SSSR count).